The van der Waals surface area contributed by atoms with Crippen molar-refractivity contribution < 1.29 is 4.79 Å². The summed E-state index contributed by atoms with van der Waals surface area (Å²) in [5, 5.41) is 0. The minimum atomic E-state index is 0.179. The molecule has 0 N–H and O–H groups in total. The number of anilines is 1. The molecule has 0 aliphatic heterocycles. The van der Waals surface area contributed by atoms with Gasteiger partial charge in [0.05, 0.1) is 6.42 Å². The second-order valence-corrected chi connectivity index (χ2v) is 6.07. The van der Waals surface area contributed by atoms with Gasteiger partial charge in [-0.25, -0.2) is 0 Å². The highest BCUT2D eigenvalue weighted by Crippen LogP contribution is 2.15. The Labute approximate surface area is 139 Å². The van der Waals surface area contributed by atoms with E-state index < -0.39 is 0 Å². The first-order valence-corrected chi connectivity index (χ1v) is 8.09. The van der Waals surface area contributed by atoms with Crippen LogP contribution in [0.4, 0.5) is 5.69 Å². The first-order chi connectivity index (χ1) is 11.0. The average Bonchev–Trinajstić information content (AvgIpc) is 2.55. The maximum absolute atomic E-state index is 12.6. The molecule has 3 nitrogen and oxygen atoms in total. The van der Waals surface area contributed by atoms with E-state index >= 15 is 0 Å². The van der Waals surface area contributed by atoms with E-state index in [1.807, 2.05) is 44.1 Å². The van der Waals surface area contributed by atoms with E-state index in [9.17, 15) is 4.79 Å². The van der Waals surface area contributed by atoms with Crippen LogP contribution in [-0.2, 0) is 17.8 Å². The van der Waals surface area contributed by atoms with Crippen LogP contribution in [-0.4, -0.2) is 31.4 Å². The van der Waals surface area contributed by atoms with Crippen LogP contribution in [0.1, 0.15) is 23.6 Å². The zero-order chi connectivity index (χ0) is 16.8. The summed E-state index contributed by atoms with van der Waals surface area (Å²) in [7, 11) is 4.05. The summed E-state index contributed by atoms with van der Waals surface area (Å²) in [4.78, 5) is 16.6. The molecule has 122 valence electrons. The largest absolute Gasteiger partial charge is 0.378 e. The Morgan fingerprint density at radius 1 is 1.00 bits per heavy atom. The van der Waals surface area contributed by atoms with E-state index in [1.54, 1.807) is 0 Å². The normalized spacial score (nSPS) is 10.4. The van der Waals surface area contributed by atoms with Gasteiger partial charge in [-0.15, -0.1) is 0 Å². The number of rotatable bonds is 6. The fourth-order valence-corrected chi connectivity index (χ4v) is 2.58. The summed E-state index contributed by atoms with van der Waals surface area (Å²) >= 11 is 0. The van der Waals surface area contributed by atoms with Crippen molar-refractivity contribution in [1.82, 2.24) is 4.90 Å². The van der Waals surface area contributed by atoms with Gasteiger partial charge < -0.3 is 9.80 Å². The molecule has 0 bridgehead atoms. The molecule has 0 atom stereocenters. The van der Waals surface area contributed by atoms with Gasteiger partial charge in [0.15, 0.2) is 0 Å². The molecule has 2 aromatic rings. The number of benzene rings is 2. The zero-order valence-electron chi connectivity index (χ0n) is 14.5. The molecule has 0 saturated carbocycles. The molecule has 2 aromatic carbocycles. The second-order valence-electron chi connectivity index (χ2n) is 6.07. The summed E-state index contributed by atoms with van der Waals surface area (Å²) in [5.41, 5.74) is 4.62. The summed E-state index contributed by atoms with van der Waals surface area (Å²) in [6.45, 7) is 5.47. The number of hydrogen-bond donors (Lipinski definition) is 0. The van der Waals surface area contributed by atoms with Crippen LogP contribution in [0.3, 0.4) is 0 Å². The number of carbonyl (C=O) groups is 1. The number of carbonyl (C=O) groups excluding carboxylic acids is 1. The number of aryl methyl sites for hydroxylation is 1. The van der Waals surface area contributed by atoms with Crippen LogP contribution in [0.2, 0.25) is 0 Å². The number of likely N-dealkylation sites (N-methyl/N-ethyl adjacent to an activating group) is 1. The summed E-state index contributed by atoms with van der Waals surface area (Å²) in [6.07, 6.45) is 0.469. The van der Waals surface area contributed by atoms with Crippen molar-refractivity contribution in [1.29, 1.82) is 0 Å². The standard InChI is InChI=1S/C20H26N2O/c1-5-22(15-17-10-12-19(13-11-17)21(3)4)20(23)14-18-9-7-6-8-16(18)2/h6-13H,5,14-15H2,1-4H3. The molecule has 2 rings (SSSR count). The zero-order valence-corrected chi connectivity index (χ0v) is 14.5. The van der Waals surface area contributed by atoms with Crippen LogP contribution in [0.25, 0.3) is 0 Å². The number of amides is 1. The molecule has 0 spiro atoms. The van der Waals surface area contributed by atoms with E-state index in [1.165, 1.54) is 11.3 Å². The molecule has 0 aliphatic rings. The Bertz CT molecular complexity index is 647. The molecule has 0 saturated heterocycles. The molecular weight excluding hydrogens is 284 g/mol. The minimum absolute atomic E-state index is 0.179. The SMILES string of the molecule is CCN(Cc1ccc(N(C)C)cc1)C(=O)Cc1ccccc1C. The van der Waals surface area contributed by atoms with Crippen LogP contribution in [0.5, 0.6) is 0 Å². The molecule has 0 radical (unpaired) electrons. The quantitative estimate of drug-likeness (QED) is 0.813. The molecule has 0 heterocycles. The lowest BCUT2D eigenvalue weighted by atomic mass is 10.1. The summed E-state index contributed by atoms with van der Waals surface area (Å²) in [5.74, 6) is 0.179. The third-order valence-corrected chi connectivity index (χ3v) is 4.16. The lowest BCUT2D eigenvalue weighted by Crippen LogP contribution is -2.31. The van der Waals surface area contributed by atoms with Crippen LogP contribution in [0.15, 0.2) is 48.5 Å². The van der Waals surface area contributed by atoms with Gasteiger partial charge in [0.1, 0.15) is 0 Å². The minimum Gasteiger partial charge on any atom is -0.378 e. The predicted octanol–water partition coefficient (Wildman–Crippen LogP) is 3.65. The Hall–Kier alpha value is -2.29. The molecule has 23 heavy (non-hydrogen) atoms. The fraction of sp³-hybridized carbons (Fsp3) is 0.350. The predicted molar refractivity (Wildman–Crippen MR) is 96.7 cm³/mol. The van der Waals surface area contributed by atoms with Gasteiger partial charge in [-0.3, -0.25) is 4.79 Å². The Balaban J connectivity index is 2.04. The third kappa shape index (κ3) is 4.59. The van der Waals surface area contributed by atoms with Crippen molar-refractivity contribution in [3.63, 3.8) is 0 Å². The van der Waals surface area contributed by atoms with Gasteiger partial charge in [-0.2, -0.15) is 0 Å². The molecular formula is C20H26N2O. The van der Waals surface area contributed by atoms with Crippen molar-refractivity contribution in [3.05, 3.63) is 65.2 Å². The highest BCUT2D eigenvalue weighted by Gasteiger charge is 2.14. The Morgan fingerprint density at radius 3 is 2.22 bits per heavy atom. The number of nitrogens with zero attached hydrogens (tertiary/aromatic N) is 2. The van der Waals surface area contributed by atoms with E-state index in [0.717, 1.165) is 17.7 Å². The topological polar surface area (TPSA) is 23.6 Å². The van der Waals surface area contributed by atoms with Gasteiger partial charge >= 0.3 is 0 Å². The lowest BCUT2D eigenvalue weighted by molar-refractivity contribution is -0.130. The Morgan fingerprint density at radius 2 is 1.65 bits per heavy atom. The fourth-order valence-electron chi connectivity index (χ4n) is 2.58. The second kappa shape index (κ2) is 7.82. The van der Waals surface area contributed by atoms with Gasteiger partial charge in [-0.1, -0.05) is 36.4 Å². The first-order valence-electron chi connectivity index (χ1n) is 8.09. The lowest BCUT2D eigenvalue weighted by Gasteiger charge is -2.22. The molecule has 0 aliphatic carbocycles. The van der Waals surface area contributed by atoms with Gasteiger partial charge in [0, 0.05) is 32.9 Å². The van der Waals surface area contributed by atoms with Crippen LogP contribution in [0, 0.1) is 6.92 Å². The van der Waals surface area contributed by atoms with E-state index in [-0.39, 0.29) is 5.91 Å². The maximum atomic E-state index is 12.6. The monoisotopic (exact) mass is 310 g/mol. The van der Waals surface area contributed by atoms with Gasteiger partial charge in [0.25, 0.3) is 0 Å². The molecule has 0 aromatic heterocycles. The van der Waals surface area contributed by atoms with Crippen molar-refractivity contribution >= 4 is 11.6 Å². The van der Waals surface area contributed by atoms with E-state index in [0.29, 0.717) is 13.0 Å². The first kappa shape index (κ1) is 17.1. The van der Waals surface area contributed by atoms with Gasteiger partial charge in [-0.05, 0) is 42.7 Å². The Kier molecular flexibility index (Phi) is 5.80. The molecule has 3 heteroatoms. The van der Waals surface area contributed by atoms with E-state index in [2.05, 4.69) is 42.2 Å². The van der Waals surface area contributed by atoms with Crippen molar-refractivity contribution in [2.24, 2.45) is 0 Å². The van der Waals surface area contributed by atoms with Crippen molar-refractivity contribution in [2.45, 2.75) is 26.8 Å². The van der Waals surface area contributed by atoms with Crippen LogP contribution >= 0.6 is 0 Å². The average molecular weight is 310 g/mol. The van der Waals surface area contributed by atoms with E-state index in [4.69, 9.17) is 0 Å². The summed E-state index contributed by atoms with van der Waals surface area (Å²) in [6, 6.07) is 16.5. The van der Waals surface area contributed by atoms with Crippen molar-refractivity contribution in [2.75, 3.05) is 25.5 Å². The van der Waals surface area contributed by atoms with Crippen LogP contribution < -0.4 is 4.90 Å². The molecule has 0 unspecified atom stereocenters. The van der Waals surface area contributed by atoms with Gasteiger partial charge in [0.2, 0.25) is 5.91 Å². The highest BCUT2D eigenvalue weighted by molar-refractivity contribution is 5.79. The summed E-state index contributed by atoms with van der Waals surface area (Å²) < 4.78 is 0. The highest BCUT2D eigenvalue weighted by atomic mass is 16.2. The molecule has 1 amide bonds. The number of hydrogen-bond acceptors (Lipinski definition) is 2. The maximum Gasteiger partial charge on any atom is 0.227 e. The van der Waals surface area contributed by atoms with Crippen molar-refractivity contribution in [3.8, 4) is 0 Å². The molecule has 0 fully saturated rings. The third-order valence-electron chi connectivity index (χ3n) is 4.16. The smallest absolute Gasteiger partial charge is 0.227 e.